The van der Waals surface area contributed by atoms with Crippen molar-refractivity contribution < 1.29 is 9.53 Å². The van der Waals surface area contributed by atoms with Crippen LogP contribution in [0.1, 0.15) is 64.1 Å². The molecule has 0 radical (unpaired) electrons. The van der Waals surface area contributed by atoms with Crippen molar-refractivity contribution in [3.63, 3.8) is 0 Å². The van der Waals surface area contributed by atoms with E-state index in [2.05, 4.69) is 16.6 Å². The Morgan fingerprint density at radius 1 is 1.35 bits per heavy atom. The molecule has 1 aromatic rings. The molecular formula is C17H28N4O2. The topological polar surface area (TPSA) is 59.4 Å². The molecule has 0 aliphatic carbocycles. The number of nitrogens with zero attached hydrogens (tertiary/aromatic N) is 3. The van der Waals surface area contributed by atoms with Gasteiger partial charge in [0.25, 0.3) is 0 Å². The summed E-state index contributed by atoms with van der Waals surface area (Å²) < 4.78 is 7.48. The molecule has 0 saturated carbocycles. The maximum atomic E-state index is 12.4. The average molecular weight is 320 g/mol. The highest BCUT2D eigenvalue weighted by Crippen LogP contribution is 2.30. The molecule has 3 heterocycles. The Labute approximate surface area is 138 Å². The van der Waals surface area contributed by atoms with Crippen LogP contribution in [0.4, 0.5) is 4.79 Å². The molecule has 0 aromatic carbocycles. The van der Waals surface area contributed by atoms with Gasteiger partial charge in [-0.15, -0.1) is 0 Å². The van der Waals surface area contributed by atoms with Crippen LogP contribution >= 0.6 is 0 Å². The maximum Gasteiger partial charge on any atom is 0.411 e. The number of aromatic nitrogens is 2. The lowest BCUT2D eigenvalue weighted by Gasteiger charge is -2.28. The normalized spacial score (nSPS) is 25.6. The van der Waals surface area contributed by atoms with Crippen molar-refractivity contribution in [2.45, 2.75) is 64.1 Å². The van der Waals surface area contributed by atoms with Gasteiger partial charge in [0.1, 0.15) is 11.8 Å². The van der Waals surface area contributed by atoms with Gasteiger partial charge in [-0.05, 0) is 64.5 Å². The molecule has 6 heteroatoms. The number of carbonyl (C=O) groups is 1. The van der Waals surface area contributed by atoms with Crippen molar-refractivity contribution in [2.24, 2.45) is 0 Å². The second-order valence-electron chi connectivity index (χ2n) is 7.59. The van der Waals surface area contributed by atoms with Crippen molar-refractivity contribution in [2.75, 3.05) is 19.6 Å². The van der Waals surface area contributed by atoms with Crippen LogP contribution in [0.15, 0.2) is 12.4 Å². The Hall–Kier alpha value is -1.56. The zero-order chi connectivity index (χ0) is 16.4. The van der Waals surface area contributed by atoms with Gasteiger partial charge in [0.15, 0.2) is 0 Å². The predicted molar refractivity (Wildman–Crippen MR) is 88.3 cm³/mol. The quantitative estimate of drug-likeness (QED) is 0.910. The number of ether oxygens (including phenoxy) is 1. The number of amides is 1. The minimum Gasteiger partial charge on any atom is -0.444 e. The van der Waals surface area contributed by atoms with Crippen LogP contribution in [-0.2, 0) is 4.74 Å². The van der Waals surface area contributed by atoms with Gasteiger partial charge in [-0.2, -0.15) is 5.10 Å². The van der Waals surface area contributed by atoms with Gasteiger partial charge in [-0.25, -0.2) is 9.48 Å². The summed E-state index contributed by atoms with van der Waals surface area (Å²) in [5.74, 6) is 0.536. The van der Waals surface area contributed by atoms with Crippen LogP contribution in [-0.4, -0.2) is 46.0 Å². The van der Waals surface area contributed by atoms with Crippen LogP contribution < -0.4 is 5.32 Å². The van der Waals surface area contributed by atoms with Crippen LogP contribution in [0.5, 0.6) is 0 Å². The second-order valence-corrected chi connectivity index (χ2v) is 7.59. The molecule has 2 atom stereocenters. The van der Waals surface area contributed by atoms with Crippen molar-refractivity contribution in [1.29, 1.82) is 0 Å². The van der Waals surface area contributed by atoms with Crippen LogP contribution in [0.2, 0.25) is 0 Å². The van der Waals surface area contributed by atoms with E-state index in [1.165, 1.54) is 18.4 Å². The largest absolute Gasteiger partial charge is 0.444 e. The molecule has 2 saturated heterocycles. The fraction of sp³-hybridized carbons (Fsp3) is 0.765. The minimum absolute atomic E-state index is 0.0184. The lowest BCUT2D eigenvalue weighted by Crippen LogP contribution is -2.38. The summed E-state index contributed by atoms with van der Waals surface area (Å²) in [5, 5.41) is 7.99. The highest BCUT2D eigenvalue weighted by atomic mass is 16.6. The van der Waals surface area contributed by atoms with Gasteiger partial charge in [0.2, 0.25) is 0 Å². The lowest BCUT2D eigenvalue weighted by atomic mass is 9.94. The number of likely N-dealkylation sites (tertiary alicyclic amines) is 1. The molecule has 6 nitrogen and oxygen atoms in total. The van der Waals surface area contributed by atoms with Crippen LogP contribution in [0.25, 0.3) is 0 Å². The fourth-order valence-electron chi connectivity index (χ4n) is 3.42. The van der Waals surface area contributed by atoms with Gasteiger partial charge in [-0.3, -0.25) is 4.90 Å². The first-order chi connectivity index (χ1) is 10.9. The molecule has 1 N–H and O–H groups in total. The highest BCUT2D eigenvalue weighted by Gasteiger charge is 2.34. The summed E-state index contributed by atoms with van der Waals surface area (Å²) in [6.45, 7) is 8.57. The van der Waals surface area contributed by atoms with E-state index in [1.807, 2.05) is 31.6 Å². The van der Waals surface area contributed by atoms with Gasteiger partial charge in [0, 0.05) is 19.3 Å². The number of nitrogens with one attached hydrogen (secondary N) is 1. The summed E-state index contributed by atoms with van der Waals surface area (Å²) in [7, 11) is 0. The van der Waals surface area contributed by atoms with Crippen molar-refractivity contribution in [1.82, 2.24) is 20.0 Å². The van der Waals surface area contributed by atoms with E-state index in [0.29, 0.717) is 5.92 Å². The molecule has 1 amide bonds. The number of hydrogen-bond acceptors (Lipinski definition) is 4. The van der Waals surface area contributed by atoms with Gasteiger partial charge >= 0.3 is 6.09 Å². The average Bonchev–Trinajstić information content (AvgIpc) is 3.15. The summed E-state index contributed by atoms with van der Waals surface area (Å²) in [6, 6.07) is 0. The van der Waals surface area contributed by atoms with E-state index in [1.54, 1.807) is 4.90 Å². The summed E-state index contributed by atoms with van der Waals surface area (Å²) in [4.78, 5) is 14.2. The Balaban J connectivity index is 1.70. The minimum atomic E-state index is -0.465. The first-order valence-corrected chi connectivity index (χ1v) is 8.68. The molecule has 23 heavy (non-hydrogen) atoms. The van der Waals surface area contributed by atoms with E-state index in [9.17, 15) is 4.79 Å². The Morgan fingerprint density at radius 3 is 2.87 bits per heavy atom. The first kappa shape index (κ1) is 16.3. The van der Waals surface area contributed by atoms with Crippen molar-refractivity contribution in [3.8, 4) is 0 Å². The monoisotopic (exact) mass is 320 g/mol. The third kappa shape index (κ3) is 3.86. The maximum absolute atomic E-state index is 12.4. The lowest BCUT2D eigenvalue weighted by molar-refractivity contribution is 0.0149. The standard InChI is InChI=1S/C17H28N4O2/c1-17(2,3)23-16(22)20-9-5-7-15(20)21-12-14(11-19-21)13-6-4-8-18-10-13/h11-13,15,18H,4-10H2,1-3H3. The first-order valence-electron chi connectivity index (χ1n) is 8.68. The molecule has 2 fully saturated rings. The van der Waals surface area contributed by atoms with E-state index in [-0.39, 0.29) is 12.3 Å². The molecule has 2 unspecified atom stereocenters. The Kier molecular flexibility index (Phi) is 4.62. The zero-order valence-electron chi connectivity index (χ0n) is 14.4. The molecule has 2 aliphatic heterocycles. The van der Waals surface area contributed by atoms with E-state index in [4.69, 9.17) is 4.74 Å². The SMILES string of the molecule is CC(C)(C)OC(=O)N1CCCC1n1cc(C2CCCNC2)cn1. The Morgan fingerprint density at radius 2 is 2.17 bits per heavy atom. The molecule has 2 aliphatic rings. The molecule has 0 bridgehead atoms. The fourth-order valence-corrected chi connectivity index (χ4v) is 3.42. The third-order valence-electron chi connectivity index (χ3n) is 4.54. The van der Waals surface area contributed by atoms with E-state index in [0.717, 1.165) is 32.5 Å². The Bertz CT molecular complexity index is 543. The summed E-state index contributed by atoms with van der Waals surface area (Å²) in [5.41, 5.74) is 0.807. The van der Waals surface area contributed by atoms with Gasteiger partial charge in [0.05, 0.1) is 6.20 Å². The number of carbonyl (C=O) groups excluding carboxylic acids is 1. The highest BCUT2D eigenvalue weighted by molar-refractivity contribution is 5.68. The molecular weight excluding hydrogens is 292 g/mol. The number of rotatable bonds is 2. The molecule has 0 spiro atoms. The molecule has 128 valence electrons. The smallest absolute Gasteiger partial charge is 0.411 e. The second kappa shape index (κ2) is 6.51. The van der Waals surface area contributed by atoms with Crippen LogP contribution in [0.3, 0.4) is 0 Å². The third-order valence-corrected chi connectivity index (χ3v) is 4.54. The number of piperidine rings is 1. The summed E-state index contributed by atoms with van der Waals surface area (Å²) >= 11 is 0. The van der Waals surface area contributed by atoms with E-state index < -0.39 is 5.60 Å². The van der Waals surface area contributed by atoms with Gasteiger partial charge < -0.3 is 10.1 Å². The molecule has 1 aromatic heterocycles. The predicted octanol–water partition coefficient (Wildman–Crippen LogP) is 2.88. The van der Waals surface area contributed by atoms with E-state index >= 15 is 0 Å². The van der Waals surface area contributed by atoms with Crippen molar-refractivity contribution >= 4 is 6.09 Å². The number of hydrogen-bond donors (Lipinski definition) is 1. The zero-order valence-corrected chi connectivity index (χ0v) is 14.4. The van der Waals surface area contributed by atoms with Gasteiger partial charge in [-0.1, -0.05) is 0 Å². The molecule has 3 rings (SSSR count). The van der Waals surface area contributed by atoms with Crippen molar-refractivity contribution in [3.05, 3.63) is 18.0 Å². The summed E-state index contributed by atoms with van der Waals surface area (Å²) in [6.07, 6.45) is 8.16. The van der Waals surface area contributed by atoms with Crippen LogP contribution in [0, 0.1) is 0 Å².